The second-order valence-corrected chi connectivity index (χ2v) is 7.17. The number of rotatable bonds is 6. The highest BCUT2D eigenvalue weighted by atomic mass is 32.1. The molecule has 0 aromatic heterocycles. The van der Waals surface area contributed by atoms with Crippen molar-refractivity contribution in [3.05, 3.63) is 96.1 Å². The van der Waals surface area contributed by atoms with Crippen LogP contribution in [-0.2, 0) is 11.2 Å². The average Bonchev–Trinajstić information content (AvgIpc) is 2.78. The molecular weight excluding hydrogens is 394 g/mol. The van der Waals surface area contributed by atoms with Crippen LogP contribution >= 0.6 is 12.2 Å². The van der Waals surface area contributed by atoms with Crippen LogP contribution in [0.15, 0.2) is 84.9 Å². The molecule has 0 aliphatic heterocycles. The fourth-order valence-electron chi connectivity index (χ4n) is 2.91. The molecule has 0 radical (unpaired) electrons. The van der Waals surface area contributed by atoms with Crippen molar-refractivity contribution in [1.29, 1.82) is 0 Å². The smallest absolute Gasteiger partial charge is 0.258 e. The van der Waals surface area contributed by atoms with Gasteiger partial charge in [0.2, 0.25) is 5.91 Å². The first-order chi connectivity index (χ1) is 14.5. The van der Waals surface area contributed by atoms with E-state index in [0.717, 1.165) is 11.3 Å². The Bertz CT molecular complexity index is 1010. The van der Waals surface area contributed by atoms with Crippen LogP contribution < -0.4 is 15.5 Å². The van der Waals surface area contributed by atoms with E-state index in [1.807, 2.05) is 60.7 Å². The molecule has 0 unspecified atom stereocenters. The zero-order chi connectivity index (χ0) is 21.3. The van der Waals surface area contributed by atoms with Gasteiger partial charge in [0, 0.05) is 30.4 Å². The third-order valence-corrected chi connectivity index (χ3v) is 4.78. The number of carbonyl (C=O) groups excluding carboxylic acids is 2. The Balaban J connectivity index is 1.50. The third kappa shape index (κ3) is 5.99. The normalized spacial score (nSPS) is 10.2. The van der Waals surface area contributed by atoms with Gasteiger partial charge in [0.25, 0.3) is 5.91 Å². The van der Waals surface area contributed by atoms with Crippen molar-refractivity contribution in [3.8, 4) is 0 Å². The van der Waals surface area contributed by atoms with Crippen molar-refractivity contribution in [2.45, 2.75) is 12.8 Å². The van der Waals surface area contributed by atoms with Crippen LogP contribution in [0.4, 0.5) is 11.4 Å². The number of thiocarbonyl (C=S) groups is 1. The van der Waals surface area contributed by atoms with Crippen LogP contribution in [0.5, 0.6) is 0 Å². The number of benzene rings is 3. The second-order valence-electron chi connectivity index (χ2n) is 6.76. The Morgan fingerprint density at radius 2 is 1.47 bits per heavy atom. The number of anilines is 2. The number of amides is 2. The van der Waals surface area contributed by atoms with Gasteiger partial charge in [-0.2, -0.15) is 0 Å². The first-order valence-electron chi connectivity index (χ1n) is 9.61. The van der Waals surface area contributed by atoms with Crippen LogP contribution in [0.2, 0.25) is 0 Å². The van der Waals surface area contributed by atoms with Gasteiger partial charge < -0.3 is 15.5 Å². The van der Waals surface area contributed by atoms with Gasteiger partial charge in [0.15, 0.2) is 5.11 Å². The molecule has 0 atom stereocenters. The van der Waals surface area contributed by atoms with E-state index in [2.05, 4.69) is 10.6 Å². The summed E-state index contributed by atoms with van der Waals surface area (Å²) in [4.78, 5) is 26.3. The van der Waals surface area contributed by atoms with E-state index < -0.39 is 0 Å². The number of aryl methyl sites for hydroxylation is 1. The topological polar surface area (TPSA) is 61.4 Å². The second kappa shape index (κ2) is 10.3. The molecule has 0 fully saturated rings. The molecule has 2 N–H and O–H groups in total. The van der Waals surface area contributed by atoms with Gasteiger partial charge >= 0.3 is 0 Å². The molecule has 0 heterocycles. The molecule has 152 valence electrons. The molecule has 30 heavy (non-hydrogen) atoms. The lowest BCUT2D eigenvalue weighted by molar-refractivity contribution is -0.119. The summed E-state index contributed by atoms with van der Waals surface area (Å²) in [6.45, 7) is 0. The highest BCUT2D eigenvalue weighted by Gasteiger charge is 2.13. The lowest BCUT2D eigenvalue weighted by Gasteiger charge is -2.17. The molecule has 5 nitrogen and oxygen atoms in total. The monoisotopic (exact) mass is 417 g/mol. The van der Waals surface area contributed by atoms with E-state index >= 15 is 0 Å². The van der Waals surface area contributed by atoms with Crippen molar-refractivity contribution in [2.75, 3.05) is 17.3 Å². The highest BCUT2D eigenvalue weighted by molar-refractivity contribution is 7.80. The minimum atomic E-state index is -0.146. The SMILES string of the molecule is CN(C(=O)c1ccc(NC(=S)NC(=O)CCc2ccccc2)cc1)c1ccccc1. The first kappa shape index (κ1) is 21.2. The van der Waals surface area contributed by atoms with E-state index in [4.69, 9.17) is 12.2 Å². The zero-order valence-corrected chi connectivity index (χ0v) is 17.5. The highest BCUT2D eigenvalue weighted by Crippen LogP contribution is 2.16. The number of nitrogens with one attached hydrogen (secondary N) is 2. The van der Waals surface area contributed by atoms with Gasteiger partial charge in [-0.3, -0.25) is 9.59 Å². The number of nitrogens with zero attached hydrogens (tertiary/aromatic N) is 1. The third-order valence-electron chi connectivity index (χ3n) is 4.57. The predicted octanol–water partition coefficient (Wildman–Crippen LogP) is 4.41. The summed E-state index contributed by atoms with van der Waals surface area (Å²) in [6, 6.07) is 26.2. The summed E-state index contributed by atoms with van der Waals surface area (Å²) >= 11 is 5.21. The molecule has 3 aromatic rings. The van der Waals surface area contributed by atoms with E-state index in [-0.39, 0.29) is 16.9 Å². The molecule has 2 amide bonds. The Morgan fingerprint density at radius 1 is 0.867 bits per heavy atom. The lowest BCUT2D eigenvalue weighted by Crippen LogP contribution is -2.34. The van der Waals surface area contributed by atoms with Crippen molar-refractivity contribution in [1.82, 2.24) is 5.32 Å². The molecule has 6 heteroatoms. The Kier molecular flexibility index (Phi) is 7.29. The van der Waals surface area contributed by atoms with E-state index in [1.54, 1.807) is 36.2 Å². The molecule has 0 bridgehead atoms. The van der Waals surface area contributed by atoms with Crippen LogP contribution in [0.25, 0.3) is 0 Å². The van der Waals surface area contributed by atoms with Crippen LogP contribution in [0.3, 0.4) is 0 Å². The molecule has 3 aromatic carbocycles. The lowest BCUT2D eigenvalue weighted by atomic mass is 10.1. The summed E-state index contributed by atoms with van der Waals surface area (Å²) < 4.78 is 0. The minimum absolute atomic E-state index is 0.107. The number of carbonyl (C=O) groups is 2. The standard InChI is InChI=1S/C24H23N3O2S/c1-27(21-10-6-3-7-11-21)23(29)19-13-15-20(16-14-19)25-24(30)26-22(28)17-12-18-8-4-2-5-9-18/h2-11,13-16H,12,17H2,1H3,(H2,25,26,28,30). The fourth-order valence-corrected chi connectivity index (χ4v) is 3.14. The van der Waals surface area contributed by atoms with E-state index in [0.29, 0.717) is 24.1 Å². The fraction of sp³-hybridized carbons (Fsp3) is 0.125. The van der Waals surface area contributed by atoms with Gasteiger partial charge in [-0.05, 0) is 60.6 Å². The molecular formula is C24H23N3O2S. The minimum Gasteiger partial charge on any atom is -0.332 e. The van der Waals surface area contributed by atoms with Crippen LogP contribution in [-0.4, -0.2) is 24.0 Å². The Labute approximate surface area is 181 Å². The summed E-state index contributed by atoms with van der Waals surface area (Å²) in [5, 5.41) is 5.88. The molecule has 0 saturated carbocycles. The maximum absolute atomic E-state index is 12.6. The first-order valence-corrected chi connectivity index (χ1v) is 10.0. The van der Waals surface area contributed by atoms with Gasteiger partial charge in [0.1, 0.15) is 0 Å². The van der Waals surface area contributed by atoms with Crippen molar-refractivity contribution < 1.29 is 9.59 Å². The molecule has 3 rings (SSSR count). The van der Waals surface area contributed by atoms with Crippen molar-refractivity contribution in [2.24, 2.45) is 0 Å². The average molecular weight is 418 g/mol. The summed E-state index contributed by atoms with van der Waals surface area (Å²) in [5.41, 5.74) is 3.18. The van der Waals surface area contributed by atoms with Gasteiger partial charge in [-0.15, -0.1) is 0 Å². The van der Waals surface area contributed by atoms with Crippen LogP contribution in [0, 0.1) is 0 Å². The largest absolute Gasteiger partial charge is 0.332 e. The summed E-state index contributed by atoms with van der Waals surface area (Å²) in [6.07, 6.45) is 1.01. The van der Waals surface area contributed by atoms with E-state index in [1.165, 1.54) is 0 Å². The summed E-state index contributed by atoms with van der Waals surface area (Å²) in [5.74, 6) is -0.253. The molecule has 0 aliphatic rings. The molecule has 0 saturated heterocycles. The molecule has 0 spiro atoms. The van der Waals surface area contributed by atoms with Crippen molar-refractivity contribution in [3.63, 3.8) is 0 Å². The van der Waals surface area contributed by atoms with Crippen molar-refractivity contribution >= 4 is 40.5 Å². The quantitative estimate of drug-likeness (QED) is 0.583. The maximum Gasteiger partial charge on any atom is 0.258 e. The maximum atomic E-state index is 12.6. The Hall–Kier alpha value is -3.51. The van der Waals surface area contributed by atoms with Gasteiger partial charge in [-0.25, -0.2) is 0 Å². The van der Waals surface area contributed by atoms with Crippen LogP contribution in [0.1, 0.15) is 22.3 Å². The number of hydrogen-bond acceptors (Lipinski definition) is 3. The van der Waals surface area contributed by atoms with E-state index in [9.17, 15) is 9.59 Å². The van der Waals surface area contributed by atoms with Gasteiger partial charge in [-0.1, -0.05) is 48.5 Å². The number of para-hydroxylation sites is 1. The molecule has 0 aliphatic carbocycles. The zero-order valence-electron chi connectivity index (χ0n) is 16.7. The number of hydrogen-bond donors (Lipinski definition) is 2. The predicted molar refractivity (Wildman–Crippen MR) is 125 cm³/mol. The van der Waals surface area contributed by atoms with Gasteiger partial charge in [0.05, 0.1) is 0 Å². The Morgan fingerprint density at radius 3 is 2.10 bits per heavy atom. The summed E-state index contributed by atoms with van der Waals surface area (Å²) in [7, 11) is 1.74.